The summed E-state index contributed by atoms with van der Waals surface area (Å²) >= 11 is 0. The van der Waals surface area contributed by atoms with E-state index in [-0.39, 0.29) is 6.42 Å². The van der Waals surface area contributed by atoms with Gasteiger partial charge < -0.3 is 28.3 Å². The quantitative estimate of drug-likeness (QED) is 0.143. The van der Waals surface area contributed by atoms with Gasteiger partial charge in [-0.1, -0.05) is 46.0 Å². The van der Waals surface area contributed by atoms with Crippen LogP contribution >= 0.6 is 8.60 Å². The van der Waals surface area contributed by atoms with Gasteiger partial charge in [0.05, 0.1) is 40.3 Å². The molecule has 180 valence electrons. The zero-order valence-electron chi connectivity index (χ0n) is 20.0. The van der Waals surface area contributed by atoms with Crippen molar-refractivity contribution in [2.24, 2.45) is 0 Å². The summed E-state index contributed by atoms with van der Waals surface area (Å²) in [6.07, 6.45) is 11.1. The summed E-state index contributed by atoms with van der Waals surface area (Å²) in [5.74, 6) is -0.941. The minimum absolute atomic E-state index is 0.146. The smallest absolute Gasteiger partial charge is 0.330 e. The van der Waals surface area contributed by atoms with Gasteiger partial charge in [0.1, 0.15) is 12.6 Å². The molecule has 0 rings (SSSR count). The SMILES string of the molecule is CCCCCCCC(CC)OCCCCCOP(O)O[C@H](CC(=O)O)C[N+](C)(C)C. The monoisotopic (exact) mass is 452 g/mol. The number of unbranched alkanes of at least 4 members (excludes halogenated alkanes) is 6. The molecule has 0 aromatic heterocycles. The number of rotatable bonds is 21. The second-order valence-electron chi connectivity index (χ2n) is 9.03. The largest absolute Gasteiger partial charge is 0.481 e. The highest BCUT2D eigenvalue weighted by Gasteiger charge is 2.25. The maximum atomic E-state index is 11.0. The summed E-state index contributed by atoms with van der Waals surface area (Å²) in [6, 6.07) is 0. The molecule has 2 N–H and O–H groups in total. The van der Waals surface area contributed by atoms with Crippen molar-refractivity contribution in [2.45, 2.75) is 96.7 Å². The summed E-state index contributed by atoms with van der Waals surface area (Å²) in [7, 11) is 3.81. The van der Waals surface area contributed by atoms with Crippen LogP contribution in [0.1, 0.15) is 84.5 Å². The van der Waals surface area contributed by atoms with E-state index in [0.29, 0.717) is 23.7 Å². The summed E-state index contributed by atoms with van der Waals surface area (Å²) in [5, 5.41) is 9.01. The van der Waals surface area contributed by atoms with Crippen LogP contribution in [0.4, 0.5) is 0 Å². The molecule has 0 aliphatic rings. The number of hydrogen-bond donors (Lipinski definition) is 2. The molecule has 7 nitrogen and oxygen atoms in total. The minimum atomic E-state index is -2.06. The molecule has 0 spiro atoms. The van der Waals surface area contributed by atoms with Crippen molar-refractivity contribution in [2.75, 3.05) is 40.9 Å². The first kappa shape index (κ1) is 29.7. The van der Waals surface area contributed by atoms with Crippen LogP contribution in [0.25, 0.3) is 0 Å². The first-order valence-corrected chi connectivity index (χ1v) is 12.7. The van der Waals surface area contributed by atoms with Gasteiger partial charge in [-0.3, -0.25) is 4.79 Å². The van der Waals surface area contributed by atoms with Crippen LogP contribution in [0.5, 0.6) is 0 Å². The molecule has 8 heteroatoms. The van der Waals surface area contributed by atoms with Crippen molar-refractivity contribution >= 4 is 14.6 Å². The Morgan fingerprint density at radius 3 is 2.17 bits per heavy atom. The normalized spacial score (nSPS) is 15.1. The van der Waals surface area contributed by atoms with E-state index in [0.717, 1.165) is 38.7 Å². The number of carboxylic acids is 1. The predicted molar refractivity (Wildman–Crippen MR) is 122 cm³/mol. The molecular weight excluding hydrogens is 405 g/mol. The molecule has 0 aromatic carbocycles. The molecule has 0 saturated heterocycles. The molecule has 0 aliphatic heterocycles. The van der Waals surface area contributed by atoms with Gasteiger partial charge in [0.2, 0.25) is 0 Å². The molecule has 3 atom stereocenters. The summed E-state index contributed by atoms with van der Waals surface area (Å²) in [5.41, 5.74) is 0. The number of carbonyl (C=O) groups is 1. The molecule has 0 saturated carbocycles. The fraction of sp³-hybridized carbons (Fsp3) is 0.955. The molecule has 0 bridgehead atoms. The summed E-state index contributed by atoms with van der Waals surface area (Å²) in [4.78, 5) is 21.0. The van der Waals surface area contributed by atoms with Gasteiger partial charge in [0.25, 0.3) is 0 Å². The maximum Gasteiger partial charge on any atom is 0.330 e. The van der Waals surface area contributed by atoms with E-state index in [2.05, 4.69) is 13.8 Å². The Hall–Kier alpha value is -0.300. The number of likely N-dealkylation sites (N-methyl/N-ethyl adjacent to an activating group) is 1. The number of quaternary nitrogens is 1. The molecule has 30 heavy (non-hydrogen) atoms. The van der Waals surface area contributed by atoms with Crippen LogP contribution in [0.2, 0.25) is 0 Å². The zero-order valence-corrected chi connectivity index (χ0v) is 20.9. The third kappa shape index (κ3) is 19.7. The number of aliphatic carboxylic acids is 1. The van der Waals surface area contributed by atoms with E-state index < -0.39 is 20.7 Å². The predicted octanol–water partition coefficient (Wildman–Crippen LogP) is 5.11. The lowest BCUT2D eigenvalue weighted by Gasteiger charge is -2.29. The lowest BCUT2D eigenvalue weighted by Crippen LogP contribution is -2.42. The number of ether oxygens (including phenoxy) is 1. The standard InChI is InChI=1S/C22H46NO6P/c1-6-8-9-10-12-15-20(7-2)27-16-13-11-14-17-28-30(26)29-21(18-22(24)25)19-23(3,4)5/h20-21,26H,6-19H2,1-5H3/p+1/t20?,21-,30?/m1/s1. The van der Waals surface area contributed by atoms with Crippen molar-refractivity contribution in [3.8, 4) is 0 Å². The van der Waals surface area contributed by atoms with Gasteiger partial charge in [0, 0.05) is 6.61 Å². The van der Waals surface area contributed by atoms with E-state index in [1.54, 1.807) is 0 Å². The third-order valence-electron chi connectivity index (χ3n) is 4.82. The topological polar surface area (TPSA) is 85.2 Å². The van der Waals surface area contributed by atoms with Crippen LogP contribution in [0, 0.1) is 0 Å². The van der Waals surface area contributed by atoms with Crippen LogP contribution in [-0.2, 0) is 18.6 Å². The van der Waals surface area contributed by atoms with E-state index >= 15 is 0 Å². The second-order valence-corrected chi connectivity index (χ2v) is 9.98. The molecular formula is C22H47NO6P+. The van der Waals surface area contributed by atoms with E-state index in [1.165, 1.54) is 32.1 Å². The van der Waals surface area contributed by atoms with E-state index in [4.69, 9.17) is 18.9 Å². The van der Waals surface area contributed by atoms with Gasteiger partial charge in [-0.2, -0.15) is 0 Å². The molecule has 0 amide bonds. The van der Waals surface area contributed by atoms with E-state index in [1.807, 2.05) is 21.1 Å². The Balaban J connectivity index is 3.83. The van der Waals surface area contributed by atoms with Gasteiger partial charge in [-0.05, 0) is 32.1 Å². The fourth-order valence-corrected chi connectivity index (χ4v) is 4.00. The molecule has 0 aliphatic carbocycles. The Bertz CT molecular complexity index is 419. The fourth-order valence-electron chi connectivity index (χ4n) is 3.25. The number of carboxylic acid groups (broad SMARTS) is 1. The summed E-state index contributed by atoms with van der Waals surface area (Å²) < 4.78 is 17.4. The van der Waals surface area contributed by atoms with Gasteiger partial charge in [0.15, 0.2) is 0 Å². The Kier molecular flexibility index (Phi) is 18.1. The molecule has 0 heterocycles. The molecule has 0 radical (unpaired) electrons. The van der Waals surface area contributed by atoms with E-state index in [9.17, 15) is 9.69 Å². The molecule has 0 aromatic rings. The van der Waals surface area contributed by atoms with Gasteiger partial charge in [-0.25, -0.2) is 0 Å². The van der Waals surface area contributed by atoms with Crippen molar-refractivity contribution in [3.05, 3.63) is 0 Å². The first-order valence-electron chi connectivity index (χ1n) is 11.6. The summed E-state index contributed by atoms with van der Waals surface area (Å²) in [6.45, 7) is 6.08. The van der Waals surface area contributed by atoms with Crippen molar-refractivity contribution < 1.29 is 33.1 Å². The molecule has 0 fully saturated rings. The van der Waals surface area contributed by atoms with Crippen molar-refractivity contribution in [3.63, 3.8) is 0 Å². The highest BCUT2D eigenvalue weighted by atomic mass is 31.2. The van der Waals surface area contributed by atoms with Crippen LogP contribution in [0.3, 0.4) is 0 Å². The average Bonchev–Trinajstić information content (AvgIpc) is 2.63. The minimum Gasteiger partial charge on any atom is -0.481 e. The van der Waals surface area contributed by atoms with Gasteiger partial charge >= 0.3 is 14.6 Å². The number of nitrogens with zero attached hydrogens (tertiary/aromatic N) is 1. The third-order valence-corrected chi connectivity index (χ3v) is 5.70. The highest BCUT2D eigenvalue weighted by molar-refractivity contribution is 7.40. The van der Waals surface area contributed by atoms with Crippen molar-refractivity contribution in [1.29, 1.82) is 0 Å². The van der Waals surface area contributed by atoms with Crippen molar-refractivity contribution in [1.82, 2.24) is 0 Å². The second kappa shape index (κ2) is 18.3. The highest BCUT2D eigenvalue weighted by Crippen LogP contribution is 2.36. The Morgan fingerprint density at radius 2 is 1.57 bits per heavy atom. The number of hydrogen-bond acceptors (Lipinski definition) is 5. The van der Waals surface area contributed by atoms with Crippen LogP contribution in [0.15, 0.2) is 0 Å². The maximum absolute atomic E-state index is 11.0. The average molecular weight is 453 g/mol. The Morgan fingerprint density at radius 1 is 0.933 bits per heavy atom. The first-order chi connectivity index (χ1) is 14.2. The van der Waals surface area contributed by atoms with Crippen LogP contribution in [-0.4, -0.2) is 73.6 Å². The zero-order chi connectivity index (χ0) is 22.8. The van der Waals surface area contributed by atoms with Gasteiger partial charge in [-0.15, -0.1) is 0 Å². The Labute approximate surface area is 185 Å². The lowest BCUT2D eigenvalue weighted by atomic mass is 10.1. The lowest BCUT2D eigenvalue weighted by molar-refractivity contribution is -0.873. The van der Waals surface area contributed by atoms with Crippen LogP contribution < -0.4 is 0 Å². The molecule has 2 unspecified atom stereocenters.